The summed E-state index contributed by atoms with van der Waals surface area (Å²) in [6.07, 6.45) is -0.392. The molecule has 3 aromatic rings. The van der Waals surface area contributed by atoms with E-state index >= 15 is 0 Å². The predicted octanol–water partition coefficient (Wildman–Crippen LogP) is 2.65. The number of nitrogens with one attached hydrogen (secondary N) is 1. The van der Waals surface area contributed by atoms with Crippen molar-refractivity contribution < 1.29 is 27.7 Å². The summed E-state index contributed by atoms with van der Waals surface area (Å²) in [5, 5.41) is 18.8. The van der Waals surface area contributed by atoms with Gasteiger partial charge in [-0.3, -0.25) is 0 Å². The van der Waals surface area contributed by atoms with Crippen molar-refractivity contribution in [2.24, 2.45) is 5.14 Å². The molecule has 188 valence electrons. The van der Waals surface area contributed by atoms with Crippen LogP contribution in [-0.4, -0.2) is 53.5 Å². The highest BCUT2D eigenvalue weighted by atomic mass is 32.2. The summed E-state index contributed by atoms with van der Waals surface area (Å²) in [5.74, 6) is 1.51. The first-order valence-corrected chi connectivity index (χ1v) is 12.7. The smallest absolute Gasteiger partial charge is 0.238 e. The average Bonchev–Trinajstić information content (AvgIpc) is 2.87. The maximum atomic E-state index is 11.3. The molecule has 3 rings (SSSR count). The molecule has 0 saturated carbocycles. The third-order valence-electron chi connectivity index (χ3n) is 5.51. The van der Waals surface area contributed by atoms with Gasteiger partial charge in [-0.15, -0.1) is 0 Å². The van der Waals surface area contributed by atoms with E-state index < -0.39 is 16.1 Å². The van der Waals surface area contributed by atoms with Crippen LogP contribution in [0, 0.1) is 0 Å². The van der Waals surface area contributed by atoms with Crippen LogP contribution in [0.3, 0.4) is 0 Å². The Morgan fingerprint density at radius 3 is 1.83 bits per heavy atom. The molecule has 0 aliphatic heterocycles. The van der Waals surface area contributed by atoms with Gasteiger partial charge in [0, 0.05) is 6.54 Å². The molecule has 8 nitrogen and oxygen atoms in total. The van der Waals surface area contributed by atoms with Crippen LogP contribution in [0.25, 0.3) is 0 Å². The van der Waals surface area contributed by atoms with Crippen molar-refractivity contribution in [3.05, 3.63) is 89.5 Å². The molecule has 0 fully saturated rings. The zero-order valence-electron chi connectivity index (χ0n) is 19.9. The van der Waals surface area contributed by atoms with Gasteiger partial charge >= 0.3 is 0 Å². The van der Waals surface area contributed by atoms with E-state index in [0.717, 1.165) is 28.2 Å². The van der Waals surface area contributed by atoms with Gasteiger partial charge < -0.3 is 24.6 Å². The Hall–Kier alpha value is -2.95. The second kappa shape index (κ2) is 12.7. The molecule has 0 aliphatic rings. The Labute approximate surface area is 206 Å². The molecule has 9 heteroatoms. The number of aliphatic hydroxyl groups excluding tert-OH is 1. The molecule has 3 aromatic carbocycles. The van der Waals surface area contributed by atoms with Gasteiger partial charge in [0.2, 0.25) is 10.0 Å². The number of hydrogen-bond donors (Lipinski definition) is 3. The van der Waals surface area contributed by atoms with Crippen molar-refractivity contribution in [1.29, 1.82) is 0 Å². The van der Waals surface area contributed by atoms with Crippen molar-refractivity contribution in [2.75, 3.05) is 33.9 Å². The summed E-state index contributed by atoms with van der Waals surface area (Å²) in [4.78, 5) is 0.0880. The van der Waals surface area contributed by atoms with Crippen LogP contribution in [0.2, 0.25) is 0 Å². The summed E-state index contributed by atoms with van der Waals surface area (Å²) in [5.41, 5.74) is 2.85. The lowest BCUT2D eigenvalue weighted by Gasteiger charge is -2.22. The molecule has 0 heterocycles. The summed E-state index contributed by atoms with van der Waals surface area (Å²) in [7, 11) is -0.451. The number of hydrogen-bond acceptors (Lipinski definition) is 7. The van der Waals surface area contributed by atoms with Crippen molar-refractivity contribution >= 4 is 10.0 Å². The van der Waals surface area contributed by atoms with E-state index in [-0.39, 0.29) is 17.6 Å². The first-order valence-electron chi connectivity index (χ1n) is 11.2. The minimum Gasteiger partial charge on any atom is -0.497 e. The standard InChI is InChI=1S/C26H32N2O6S/c1-32-23-9-5-20(6-10-23)26(21-7-11-24(33-2)12-8-21)34-18-22(29)17-28-16-15-19-3-13-25(14-4-19)35(27,30)31/h3-14,22,26,28-29H,15-18H2,1-2H3,(H2,27,30,31)/t22-/m0/s1. The molecule has 0 bridgehead atoms. The molecular formula is C26H32N2O6S. The Morgan fingerprint density at radius 1 is 0.857 bits per heavy atom. The van der Waals surface area contributed by atoms with Gasteiger partial charge in [-0.05, 0) is 66.1 Å². The lowest BCUT2D eigenvalue weighted by Crippen LogP contribution is -2.32. The van der Waals surface area contributed by atoms with Gasteiger partial charge in [-0.1, -0.05) is 36.4 Å². The fraction of sp³-hybridized carbons (Fsp3) is 0.308. The Morgan fingerprint density at radius 2 is 1.37 bits per heavy atom. The highest BCUT2D eigenvalue weighted by molar-refractivity contribution is 7.89. The lowest BCUT2D eigenvalue weighted by molar-refractivity contribution is 0.00668. The van der Waals surface area contributed by atoms with Crippen molar-refractivity contribution in [1.82, 2.24) is 5.32 Å². The number of sulfonamides is 1. The third-order valence-corrected chi connectivity index (χ3v) is 6.44. The van der Waals surface area contributed by atoms with Crippen molar-refractivity contribution in [3.8, 4) is 11.5 Å². The normalized spacial score (nSPS) is 12.5. The lowest BCUT2D eigenvalue weighted by atomic mass is 10.0. The fourth-order valence-corrected chi connectivity index (χ4v) is 4.07. The van der Waals surface area contributed by atoms with Crippen LogP contribution < -0.4 is 19.9 Å². The maximum Gasteiger partial charge on any atom is 0.238 e. The van der Waals surface area contributed by atoms with Crippen LogP contribution in [0.5, 0.6) is 11.5 Å². The molecule has 0 radical (unpaired) electrons. The predicted molar refractivity (Wildman–Crippen MR) is 134 cm³/mol. The molecular weight excluding hydrogens is 468 g/mol. The second-order valence-corrected chi connectivity index (χ2v) is 9.62. The molecule has 4 N–H and O–H groups in total. The average molecular weight is 501 g/mol. The fourth-order valence-electron chi connectivity index (χ4n) is 3.56. The molecule has 0 unspecified atom stereocenters. The van der Waals surface area contributed by atoms with Gasteiger partial charge in [0.1, 0.15) is 17.6 Å². The number of ether oxygens (including phenoxy) is 3. The second-order valence-electron chi connectivity index (χ2n) is 8.06. The molecule has 0 spiro atoms. The van der Waals surface area contributed by atoms with Gasteiger partial charge in [0.25, 0.3) is 0 Å². The van der Waals surface area contributed by atoms with Crippen LogP contribution in [0.4, 0.5) is 0 Å². The maximum absolute atomic E-state index is 11.3. The topological polar surface area (TPSA) is 120 Å². The first kappa shape index (κ1) is 26.7. The van der Waals surface area contributed by atoms with Gasteiger partial charge in [0.15, 0.2) is 0 Å². The number of nitrogens with two attached hydrogens (primary N) is 1. The van der Waals surface area contributed by atoms with E-state index in [1.54, 1.807) is 26.4 Å². The molecule has 0 saturated heterocycles. The zero-order chi connectivity index (χ0) is 25.3. The van der Waals surface area contributed by atoms with E-state index in [1.807, 2.05) is 48.5 Å². The van der Waals surface area contributed by atoms with Crippen LogP contribution >= 0.6 is 0 Å². The summed E-state index contributed by atoms with van der Waals surface area (Å²) < 4.78 is 39.3. The van der Waals surface area contributed by atoms with E-state index in [9.17, 15) is 13.5 Å². The number of primary sulfonamides is 1. The largest absolute Gasteiger partial charge is 0.497 e. The summed E-state index contributed by atoms with van der Waals surface area (Å²) in [6.45, 7) is 1.11. The minimum absolute atomic E-state index is 0.0880. The Balaban J connectivity index is 1.53. The van der Waals surface area contributed by atoms with E-state index in [2.05, 4.69) is 5.32 Å². The SMILES string of the molecule is COc1ccc(C(OC[C@@H](O)CNCCc2ccc(S(N)(=O)=O)cc2)c2ccc(OC)cc2)cc1. The van der Waals surface area contributed by atoms with Gasteiger partial charge in [-0.2, -0.15) is 0 Å². The highest BCUT2D eigenvalue weighted by Gasteiger charge is 2.17. The highest BCUT2D eigenvalue weighted by Crippen LogP contribution is 2.29. The zero-order valence-corrected chi connectivity index (χ0v) is 20.7. The molecule has 1 atom stereocenters. The van der Waals surface area contributed by atoms with Crippen molar-refractivity contribution in [3.63, 3.8) is 0 Å². The molecule has 0 aliphatic carbocycles. The van der Waals surface area contributed by atoms with E-state index in [1.165, 1.54) is 12.1 Å². The number of rotatable bonds is 13. The molecule has 0 aromatic heterocycles. The number of benzene rings is 3. The van der Waals surface area contributed by atoms with Crippen LogP contribution in [-0.2, 0) is 21.2 Å². The number of aliphatic hydroxyl groups is 1. The monoisotopic (exact) mass is 500 g/mol. The van der Waals surface area contributed by atoms with Crippen molar-refractivity contribution in [2.45, 2.75) is 23.5 Å². The van der Waals surface area contributed by atoms with E-state index in [4.69, 9.17) is 19.3 Å². The summed E-state index contributed by atoms with van der Waals surface area (Å²) in [6, 6.07) is 21.7. The number of methoxy groups -OCH3 is 2. The van der Waals surface area contributed by atoms with Crippen LogP contribution in [0.15, 0.2) is 77.7 Å². The van der Waals surface area contributed by atoms with E-state index in [0.29, 0.717) is 19.5 Å². The van der Waals surface area contributed by atoms with Gasteiger partial charge in [0.05, 0.1) is 31.8 Å². The third kappa shape index (κ3) is 8.05. The van der Waals surface area contributed by atoms with Crippen LogP contribution in [0.1, 0.15) is 22.8 Å². The van der Waals surface area contributed by atoms with Gasteiger partial charge in [-0.25, -0.2) is 13.6 Å². The first-order chi connectivity index (χ1) is 16.8. The summed E-state index contributed by atoms with van der Waals surface area (Å²) >= 11 is 0. The Kier molecular flexibility index (Phi) is 9.64. The minimum atomic E-state index is -3.69. The molecule has 0 amide bonds. The quantitative estimate of drug-likeness (QED) is 0.309. The Bertz CT molecular complexity index is 1100. The molecule has 35 heavy (non-hydrogen) atoms.